The molecule has 0 spiro atoms. The second-order valence-electron chi connectivity index (χ2n) is 7.16. The number of nitrogens with zero attached hydrogens (tertiary/aromatic N) is 1. The van der Waals surface area contributed by atoms with E-state index in [1.807, 2.05) is 37.3 Å². The van der Waals surface area contributed by atoms with E-state index >= 15 is 0 Å². The van der Waals surface area contributed by atoms with E-state index in [1.165, 1.54) is 13.2 Å². The quantitative estimate of drug-likeness (QED) is 0.338. The second kappa shape index (κ2) is 11.1. The third-order valence-electron chi connectivity index (χ3n) is 4.78. The van der Waals surface area contributed by atoms with Gasteiger partial charge in [-0.2, -0.15) is 5.26 Å². The van der Waals surface area contributed by atoms with E-state index in [2.05, 4.69) is 5.32 Å². The minimum absolute atomic E-state index is 0.0859. The monoisotopic (exact) mass is 462 g/mol. The summed E-state index contributed by atoms with van der Waals surface area (Å²) in [6.45, 7) is 2.34. The Hall–Kier alpha value is -3.95. The number of benzene rings is 3. The smallest absolute Gasteiger partial charge is 0.266 e. The molecule has 0 unspecified atom stereocenters. The summed E-state index contributed by atoms with van der Waals surface area (Å²) in [5, 5.41) is 12.5. The fraction of sp³-hybridized carbons (Fsp3) is 0.154. The van der Waals surface area contributed by atoms with Crippen LogP contribution in [0, 0.1) is 18.3 Å². The number of anilines is 1. The first-order valence-corrected chi connectivity index (χ1v) is 10.4. The van der Waals surface area contributed by atoms with Crippen LogP contribution in [0.15, 0.2) is 66.2 Å². The van der Waals surface area contributed by atoms with Crippen molar-refractivity contribution in [2.75, 3.05) is 19.5 Å². The van der Waals surface area contributed by atoms with Crippen LogP contribution in [0.5, 0.6) is 17.2 Å². The lowest BCUT2D eigenvalue weighted by molar-refractivity contribution is -0.112. The topological polar surface area (TPSA) is 80.6 Å². The normalized spacial score (nSPS) is 10.8. The van der Waals surface area contributed by atoms with Crippen LogP contribution in [-0.2, 0) is 11.4 Å². The summed E-state index contributed by atoms with van der Waals surface area (Å²) < 4.78 is 16.4. The van der Waals surface area contributed by atoms with Gasteiger partial charge in [0, 0.05) is 5.69 Å². The van der Waals surface area contributed by atoms with Crippen molar-refractivity contribution < 1.29 is 19.0 Å². The van der Waals surface area contributed by atoms with Crippen LogP contribution >= 0.6 is 11.6 Å². The molecule has 6 nitrogen and oxygen atoms in total. The lowest BCUT2D eigenvalue weighted by Crippen LogP contribution is -2.13. The number of carbonyl (C=O) groups excluding carboxylic acids is 1. The number of amides is 1. The number of nitrogens with one attached hydrogen (secondary N) is 1. The molecule has 0 aliphatic rings. The minimum Gasteiger partial charge on any atom is -0.497 e. The Labute approximate surface area is 198 Å². The maximum absolute atomic E-state index is 12.6. The standard InChI is InChI=1S/C26H23ClN2O4/c1-17-4-6-18(7-5-17)16-33-25-23(27)13-19(14-24(25)32-3)12-20(15-28)26(30)29-21-8-10-22(31-2)11-9-21/h4-14H,16H2,1-3H3,(H,29,30)/b20-12-. The summed E-state index contributed by atoms with van der Waals surface area (Å²) in [7, 11) is 3.06. The zero-order valence-corrected chi connectivity index (χ0v) is 19.3. The van der Waals surface area contributed by atoms with Gasteiger partial charge >= 0.3 is 0 Å². The highest BCUT2D eigenvalue weighted by molar-refractivity contribution is 6.32. The highest BCUT2D eigenvalue weighted by atomic mass is 35.5. The minimum atomic E-state index is -0.544. The second-order valence-corrected chi connectivity index (χ2v) is 7.57. The van der Waals surface area contributed by atoms with Crippen LogP contribution < -0.4 is 19.5 Å². The van der Waals surface area contributed by atoms with Crippen LogP contribution in [0.1, 0.15) is 16.7 Å². The fourth-order valence-electron chi connectivity index (χ4n) is 2.99. The molecule has 168 valence electrons. The number of halogens is 1. The zero-order chi connectivity index (χ0) is 23.8. The summed E-state index contributed by atoms with van der Waals surface area (Å²) in [4.78, 5) is 12.6. The van der Waals surface area contributed by atoms with Crippen molar-refractivity contribution in [2.24, 2.45) is 0 Å². The molecular weight excluding hydrogens is 440 g/mol. The number of nitriles is 1. The van der Waals surface area contributed by atoms with E-state index in [0.717, 1.165) is 11.1 Å². The molecule has 1 amide bonds. The van der Waals surface area contributed by atoms with Gasteiger partial charge in [-0.3, -0.25) is 4.79 Å². The summed E-state index contributed by atoms with van der Waals surface area (Å²) in [6, 6.07) is 20.0. The Morgan fingerprint density at radius 3 is 2.36 bits per heavy atom. The Morgan fingerprint density at radius 2 is 1.76 bits per heavy atom. The number of carbonyl (C=O) groups is 1. The first kappa shape index (κ1) is 23.7. The molecule has 7 heteroatoms. The molecule has 0 aromatic heterocycles. The van der Waals surface area contributed by atoms with Gasteiger partial charge in [-0.05, 0) is 60.5 Å². The van der Waals surface area contributed by atoms with E-state index in [1.54, 1.807) is 43.5 Å². The molecule has 3 rings (SSSR count). The van der Waals surface area contributed by atoms with Gasteiger partial charge in [0.15, 0.2) is 11.5 Å². The number of methoxy groups -OCH3 is 2. The van der Waals surface area contributed by atoms with E-state index < -0.39 is 5.91 Å². The molecule has 0 fully saturated rings. The van der Waals surface area contributed by atoms with E-state index in [0.29, 0.717) is 40.1 Å². The van der Waals surface area contributed by atoms with Gasteiger partial charge in [-0.1, -0.05) is 41.4 Å². The van der Waals surface area contributed by atoms with Crippen molar-refractivity contribution >= 4 is 29.3 Å². The summed E-state index contributed by atoms with van der Waals surface area (Å²) >= 11 is 6.44. The van der Waals surface area contributed by atoms with Crippen LogP contribution in [0.2, 0.25) is 5.02 Å². The summed E-state index contributed by atoms with van der Waals surface area (Å²) in [5.74, 6) is 0.903. The largest absolute Gasteiger partial charge is 0.497 e. The first-order chi connectivity index (χ1) is 15.9. The van der Waals surface area contributed by atoms with Crippen molar-refractivity contribution in [1.29, 1.82) is 5.26 Å². The van der Waals surface area contributed by atoms with Gasteiger partial charge < -0.3 is 19.5 Å². The highest BCUT2D eigenvalue weighted by Crippen LogP contribution is 2.37. The molecule has 3 aromatic carbocycles. The van der Waals surface area contributed by atoms with Crippen LogP contribution in [0.25, 0.3) is 6.08 Å². The van der Waals surface area contributed by atoms with Crippen molar-refractivity contribution in [3.63, 3.8) is 0 Å². The summed E-state index contributed by atoms with van der Waals surface area (Å²) in [5.41, 5.74) is 3.13. The Morgan fingerprint density at radius 1 is 1.06 bits per heavy atom. The van der Waals surface area contributed by atoms with Crippen molar-refractivity contribution in [2.45, 2.75) is 13.5 Å². The Kier molecular flexibility index (Phi) is 7.96. The SMILES string of the molecule is COc1ccc(NC(=O)/C(C#N)=C\c2cc(Cl)c(OCc3ccc(C)cc3)c(OC)c2)cc1. The van der Waals surface area contributed by atoms with Gasteiger partial charge in [0.1, 0.15) is 24.0 Å². The molecule has 0 aliphatic carbocycles. The molecular formula is C26H23ClN2O4. The molecule has 0 bridgehead atoms. The highest BCUT2D eigenvalue weighted by Gasteiger charge is 2.15. The van der Waals surface area contributed by atoms with Crippen LogP contribution in [0.4, 0.5) is 5.69 Å². The predicted octanol–water partition coefficient (Wildman–Crippen LogP) is 5.79. The van der Waals surface area contributed by atoms with Crippen molar-refractivity contribution in [3.8, 4) is 23.3 Å². The average molecular weight is 463 g/mol. The molecule has 0 aliphatic heterocycles. The molecule has 0 radical (unpaired) electrons. The Balaban J connectivity index is 1.79. The van der Waals surface area contributed by atoms with Crippen LogP contribution in [-0.4, -0.2) is 20.1 Å². The molecule has 1 N–H and O–H groups in total. The average Bonchev–Trinajstić information content (AvgIpc) is 2.83. The van der Waals surface area contributed by atoms with E-state index in [4.69, 9.17) is 25.8 Å². The fourth-order valence-corrected chi connectivity index (χ4v) is 3.26. The maximum atomic E-state index is 12.6. The third kappa shape index (κ3) is 6.28. The molecule has 3 aromatic rings. The number of rotatable bonds is 8. The number of aryl methyl sites for hydroxylation is 1. The third-order valence-corrected chi connectivity index (χ3v) is 5.06. The van der Waals surface area contributed by atoms with Gasteiger partial charge in [0.05, 0.1) is 19.2 Å². The lowest BCUT2D eigenvalue weighted by atomic mass is 10.1. The molecule has 0 saturated carbocycles. The van der Waals surface area contributed by atoms with Gasteiger partial charge in [-0.25, -0.2) is 0 Å². The van der Waals surface area contributed by atoms with Crippen molar-refractivity contribution in [1.82, 2.24) is 0 Å². The van der Waals surface area contributed by atoms with Crippen molar-refractivity contribution in [3.05, 3.63) is 87.9 Å². The molecule has 0 saturated heterocycles. The molecule has 0 atom stereocenters. The summed E-state index contributed by atoms with van der Waals surface area (Å²) in [6.07, 6.45) is 1.44. The number of ether oxygens (including phenoxy) is 3. The van der Waals surface area contributed by atoms with Gasteiger partial charge in [0.25, 0.3) is 5.91 Å². The zero-order valence-electron chi connectivity index (χ0n) is 18.5. The number of hydrogen-bond donors (Lipinski definition) is 1. The predicted molar refractivity (Wildman–Crippen MR) is 129 cm³/mol. The van der Waals surface area contributed by atoms with E-state index in [-0.39, 0.29) is 5.57 Å². The van der Waals surface area contributed by atoms with Crippen LogP contribution in [0.3, 0.4) is 0 Å². The molecule has 0 heterocycles. The first-order valence-electron chi connectivity index (χ1n) is 10.1. The number of hydrogen-bond acceptors (Lipinski definition) is 5. The van der Waals surface area contributed by atoms with Gasteiger partial charge in [0.2, 0.25) is 0 Å². The lowest BCUT2D eigenvalue weighted by Gasteiger charge is -2.14. The maximum Gasteiger partial charge on any atom is 0.266 e. The molecule has 33 heavy (non-hydrogen) atoms. The van der Waals surface area contributed by atoms with E-state index in [9.17, 15) is 10.1 Å². The Bertz CT molecular complexity index is 1200. The van der Waals surface area contributed by atoms with Gasteiger partial charge in [-0.15, -0.1) is 0 Å².